The highest BCUT2D eigenvalue weighted by molar-refractivity contribution is 7.85. The van der Waals surface area contributed by atoms with Gasteiger partial charge >= 0.3 is 0 Å². The number of amides is 2. The maximum Gasteiger partial charge on any atom is 0.295 e. The maximum atomic E-state index is 14.4. The van der Waals surface area contributed by atoms with Crippen LogP contribution in [0.15, 0.2) is 102 Å². The van der Waals surface area contributed by atoms with Crippen LogP contribution in [-0.4, -0.2) is 71.8 Å². The van der Waals surface area contributed by atoms with Crippen molar-refractivity contribution in [1.82, 2.24) is 29.5 Å². The van der Waals surface area contributed by atoms with Crippen molar-refractivity contribution >= 4 is 80.9 Å². The van der Waals surface area contributed by atoms with Gasteiger partial charge in [-0.3, -0.25) is 19.5 Å². The zero-order valence-corrected chi connectivity index (χ0v) is 38.0. The van der Waals surface area contributed by atoms with Crippen molar-refractivity contribution in [2.75, 3.05) is 10.6 Å². The molecule has 2 amide bonds. The van der Waals surface area contributed by atoms with Crippen LogP contribution in [0.25, 0.3) is 0 Å². The lowest BCUT2D eigenvalue weighted by atomic mass is 10.2. The normalized spacial score (nSPS) is 12.3. The zero-order valence-electron chi connectivity index (χ0n) is 34.9. The van der Waals surface area contributed by atoms with Gasteiger partial charge in [-0.05, 0) is 82.5 Å². The molecule has 4 N–H and O–H groups in total. The van der Waals surface area contributed by atoms with Gasteiger partial charge in [0, 0.05) is 11.8 Å². The second-order valence-corrected chi connectivity index (χ2v) is 19.8. The first-order valence-electron chi connectivity index (χ1n) is 18.7. The van der Waals surface area contributed by atoms with Gasteiger partial charge in [0.15, 0.2) is 11.6 Å². The molecule has 2 aromatic heterocycles. The highest BCUT2D eigenvalue weighted by atomic mass is 35.5. The molecule has 1 unspecified atom stereocenters. The molecule has 63 heavy (non-hydrogen) atoms. The number of hydrogen-bond donors (Lipinski definition) is 3. The van der Waals surface area contributed by atoms with Crippen molar-refractivity contribution in [3.63, 3.8) is 0 Å². The molecule has 4 aromatic carbocycles. The van der Waals surface area contributed by atoms with Gasteiger partial charge in [0.05, 0.1) is 55.0 Å². The number of nitrogens with two attached hydrogens (primary N) is 1. The quantitative estimate of drug-likeness (QED) is 0.0852. The van der Waals surface area contributed by atoms with Crippen LogP contribution in [0.5, 0.6) is 0 Å². The predicted molar refractivity (Wildman–Crippen MR) is 243 cm³/mol. The number of aldehydes is 1. The molecule has 0 spiro atoms. The number of hydrogen-bond acceptors (Lipinski definition) is 9. The standard InChI is InChI=1S/C21H21ClFN5O2S.C17H12ClFN4O2.C4H11NOS/c1-21(2,3)31(30)25-11-15-9-16(22)18(23)17(10-15)26-20(29)19-24-13-28(27-19)12-14-7-5-4-6-8-14;18-13-6-12(9-24)7-14(15(13)19)21-17(25)16-20-10-23(22-16)8-11-4-2-1-3-5-11;1-4(2,3)7(5)6/h4-11,13H,12H2,1-3H3,(H,26,29);1-7,9-10H,8H2,(H,21,25);5H2,1-3H3/t31-;;/m1../s1. The van der Waals surface area contributed by atoms with Crippen molar-refractivity contribution in [2.24, 2.45) is 9.54 Å². The summed E-state index contributed by atoms with van der Waals surface area (Å²) in [5.74, 6) is -3.25. The van der Waals surface area contributed by atoms with Crippen LogP contribution < -0.4 is 15.8 Å². The number of benzene rings is 4. The minimum absolute atomic E-state index is 0.112. The van der Waals surface area contributed by atoms with Crippen molar-refractivity contribution in [3.05, 3.63) is 153 Å². The third kappa shape index (κ3) is 15.5. The van der Waals surface area contributed by atoms with Gasteiger partial charge in [-0.2, -0.15) is 4.40 Å². The first-order chi connectivity index (χ1) is 29.6. The summed E-state index contributed by atoms with van der Waals surface area (Å²) in [6, 6.07) is 24.1. The van der Waals surface area contributed by atoms with E-state index in [1.807, 2.05) is 81.4 Å². The summed E-state index contributed by atoms with van der Waals surface area (Å²) in [4.78, 5) is 43.4. The fourth-order valence-electron chi connectivity index (χ4n) is 4.66. The smallest absolute Gasteiger partial charge is 0.295 e. The highest BCUT2D eigenvalue weighted by Gasteiger charge is 2.20. The van der Waals surface area contributed by atoms with Crippen molar-refractivity contribution < 1.29 is 31.6 Å². The first kappa shape index (κ1) is 49.8. The topological polar surface area (TPSA) is 209 Å². The molecule has 0 aliphatic rings. The van der Waals surface area contributed by atoms with Gasteiger partial charge in [-0.15, -0.1) is 10.2 Å². The Morgan fingerprint density at radius 3 is 1.49 bits per heavy atom. The summed E-state index contributed by atoms with van der Waals surface area (Å²) in [6.45, 7) is 11.8. The fraction of sp³-hybridized carbons (Fsp3) is 0.238. The average molecular weight is 942 g/mol. The van der Waals surface area contributed by atoms with Crippen LogP contribution in [0.2, 0.25) is 10.0 Å². The van der Waals surface area contributed by atoms with E-state index in [-0.39, 0.29) is 43.4 Å². The summed E-state index contributed by atoms with van der Waals surface area (Å²) in [5.41, 5.74) is 2.16. The third-order valence-electron chi connectivity index (χ3n) is 8.01. The Morgan fingerprint density at radius 2 is 1.11 bits per heavy atom. The Bertz CT molecular complexity index is 2620. The molecule has 15 nitrogen and oxygen atoms in total. The van der Waals surface area contributed by atoms with Crippen molar-refractivity contribution in [2.45, 2.75) is 64.1 Å². The number of carbonyl (C=O) groups is 3. The molecule has 6 rings (SSSR count). The lowest BCUT2D eigenvalue weighted by Crippen LogP contribution is -2.27. The van der Waals surface area contributed by atoms with Gasteiger partial charge in [-0.25, -0.2) is 36.5 Å². The first-order valence-corrected chi connectivity index (χ1v) is 21.8. The highest BCUT2D eigenvalue weighted by Crippen LogP contribution is 2.26. The van der Waals surface area contributed by atoms with E-state index in [0.717, 1.165) is 11.1 Å². The molecule has 6 aromatic rings. The van der Waals surface area contributed by atoms with Gasteiger partial charge in [0.1, 0.15) is 29.9 Å². The molecule has 0 aliphatic heterocycles. The Labute approximate surface area is 377 Å². The van der Waals surface area contributed by atoms with Crippen molar-refractivity contribution in [3.8, 4) is 0 Å². The van der Waals surface area contributed by atoms with Gasteiger partial charge in [0.25, 0.3) is 11.8 Å². The summed E-state index contributed by atoms with van der Waals surface area (Å²) >= 11 is 11.6. The SMILES string of the molecule is CC(C)(C)S(N)=O.CC(C)(C)[S@@](=O)N=Cc1cc(Cl)c(F)c(NC(=O)c2ncn(Cc3ccccc3)n2)c1.O=Cc1cc(Cl)c(F)c(NC(=O)c2ncn(Cc3ccccc3)n2)c1. The molecule has 21 heteroatoms. The minimum atomic E-state index is -1.49. The van der Waals surface area contributed by atoms with Crippen LogP contribution in [0, 0.1) is 11.6 Å². The van der Waals surface area contributed by atoms with E-state index in [4.69, 9.17) is 28.3 Å². The number of halogens is 4. The van der Waals surface area contributed by atoms with E-state index in [9.17, 15) is 31.6 Å². The molecule has 0 saturated carbocycles. The van der Waals surface area contributed by atoms with E-state index in [2.05, 4.69) is 35.2 Å². The maximum absolute atomic E-state index is 14.4. The van der Waals surface area contributed by atoms with E-state index < -0.39 is 50.2 Å². The Hall–Kier alpha value is -5.86. The van der Waals surface area contributed by atoms with E-state index in [0.29, 0.717) is 24.9 Å². The number of nitrogens with one attached hydrogen (secondary N) is 2. The van der Waals surface area contributed by atoms with E-state index in [1.54, 1.807) is 20.8 Å². The van der Waals surface area contributed by atoms with Crippen LogP contribution in [0.3, 0.4) is 0 Å². The predicted octanol–water partition coefficient (Wildman–Crippen LogP) is 7.84. The van der Waals surface area contributed by atoms with Crippen LogP contribution in [0.1, 0.15) is 89.8 Å². The number of aromatic nitrogens is 6. The monoisotopic (exact) mass is 940 g/mol. The second kappa shape index (κ2) is 22.5. The van der Waals surface area contributed by atoms with Crippen LogP contribution >= 0.6 is 23.2 Å². The summed E-state index contributed by atoms with van der Waals surface area (Å²) < 4.78 is 57.1. The number of anilines is 2. The molecule has 0 fully saturated rings. The minimum Gasteiger partial charge on any atom is -0.317 e. The van der Waals surface area contributed by atoms with Gasteiger partial charge < -0.3 is 10.6 Å². The number of nitrogens with zero attached hydrogens (tertiary/aromatic N) is 7. The average Bonchev–Trinajstić information content (AvgIpc) is 3.91. The molecule has 332 valence electrons. The van der Waals surface area contributed by atoms with Crippen LogP contribution in [-0.2, 0) is 35.1 Å². The molecular weight excluding hydrogens is 898 g/mol. The Kier molecular flexibility index (Phi) is 17.8. The summed E-state index contributed by atoms with van der Waals surface area (Å²) in [5, 5.41) is 17.5. The molecule has 0 bridgehead atoms. The second-order valence-electron chi connectivity index (χ2n) is 15.3. The Balaban J connectivity index is 0.000000244. The molecule has 0 radical (unpaired) electrons. The van der Waals surface area contributed by atoms with Crippen molar-refractivity contribution in [1.29, 1.82) is 0 Å². The number of rotatable bonds is 11. The summed E-state index contributed by atoms with van der Waals surface area (Å²) in [7, 11) is -2.67. The zero-order chi connectivity index (χ0) is 46.5. The number of carbonyl (C=O) groups excluding carboxylic acids is 3. The Morgan fingerprint density at radius 1 is 0.714 bits per heavy atom. The molecule has 0 saturated heterocycles. The molecule has 2 heterocycles. The van der Waals surface area contributed by atoms with Gasteiger partial charge in [-0.1, -0.05) is 83.9 Å². The fourth-order valence-corrected chi connectivity index (χ4v) is 5.65. The lowest BCUT2D eigenvalue weighted by molar-refractivity contribution is 0.100. The van der Waals surface area contributed by atoms with E-state index in [1.165, 1.54) is 52.5 Å². The van der Waals surface area contributed by atoms with E-state index >= 15 is 0 Å². The van der Waals surface area contributed by atoms with Crippen LogP contribution in [0.4, 0.5) is 20.2 Å². The molecule has 0 aliphatic carbocycles. The molecular formula is C42H44Cl2F2N10O5S2. The van der Waals surface area contributed by atoms with Gasteiger partial charge in [0.2, 0.25) is 11.6 Å². The third-order valence-corrected chi connectivity index (χ3v) is 11.1. The lowest BCUT2D eigenvalue weighted by Gasteiger charge is -2.13. The summed E-state index contributed by atoms with van der Waals surface area (Å²) in [6.07, 6.45) is 4.67. The molecule has 2 atom stereocenters. The largest absolute Gasteiger partial charge is 0.317 e.